The van der Waals surface area contributed by atoms with Crippen molar-refractivity contribution in [2.75, 3.05) is 6.61 Å². The topological polar surface area (TPSA) is 68.5 Å². The van der Waals surface area contributed by atoms with Crippen LogP contribution in [-0.2, 0) is 11.2 Å². The van der Waals surface area contributed by atoms with E-state index in [0.29, 0.717) is 18.4 Å². The van der Waals surface area contributed by atoms with Gasteiger partial charge in [-0.2, -0.15) is 0 Å². The van der Waals surface area contributed by atoms with Gasteiger partial charge in [-0.15, -0.1) is 0 Å². The molecule has 9 heteroatoms. The van der Waals surface area contributed by atoms with Crippen molar-refractivity contribution in [3.05, 3.63) is 80.1 Å². The van der Waals surface area contributed by atoms with Crippen molar-refractivity contribution in [1.82, 2.24) is 4.57 Å². The van der Waals surface area contributed by atoms with Gasteiger partial charge in [0.25, 0.3) is 0 Å². The first-order valence-corrected chi connectivity index (χ1v) is 16.9. The van der Waals surface area contributed by atoms with Gasteiger partial charge in [0.2, 0.25) is 5.43 Å². The number of halogens is 3. The van der Waals surface area contributed by atoms with Gasteiger partial charge >= 0.3 is 5.97 Å². The highest BCUT2D eigenvalue weighted by atomic mass is 35.5. The van der Waals surface area contributed by atoms with Crippen molar-refractivity contribution in [1.29, 1.82) is 0 Å². The van der Waals surface area contributed by atoms with E-state index in [2.05, 4.69) is 0 Å². The van der Waals surface area contributed by atoms with E-state index in [-0.39, 0.29) is 56.6 Å². The molecule has 1 N–H and O–H groups in total. The van der Waals surface area contributed by atoms with E-state index < -0.39 is 31.3 Å². The standard InChI is InChI=1S/C31H40ClF2NO4Si/c1-9-39-29(37)22-18-35(26(30(2,3)4)13-14-31(5,6)40(7,8)38)25-17-24(33)20(16-21(25)28(22)36)15-19-11-10-12-23(32)27(19)34/h10-12,16-18,26,38H,9,13-15H2,1-8H3. The molecule has 0 amide bonds. The van der Waals surface area contributed by atoms with Crippen LogP contribution in [0.2, 0.25) is 23.2 Å². The van der Waals surface area contributed by atoms with Crippen LogP contribution in [0.15, 0.2) is 41.3 Å². The highest BCUT2D eigenvalue weighted by Gasteiger charge is 2.39. The summed E-state index contributed by atoms with van der Waals surface area (Å²) in [7, 11) is -2.51. The average molecular weight is 592 g/mol. The highest BCUT2D eigenvalue weighted by molar-refractivity contribution is 6.72. The summed E-state index contributed by atoms with van der Waals surface area (Å²) in [5, 5.41) is -0.236. The van der Waals surface area contributed by atoms with Crippen LogP contribution < -0.4 is 5.43 Å². The molecular formula is C31H40ClF2NO4Si. The number of carbonyl (C=O) groups is 1. The smallest absolute Gasteiger partial charge is 0.343 e. The predicted octanol–water partition coefficient (Wildman–Crippen LogP) is 8.05. The number of hydrogen-bond acceptors (Lipinski definition) is 4. The lowest BCUT2D eigenvalue weighted by Crippen LogP contribution is -2.40. The maximum atomic E-state index is 15.6. The first-order chi connectivity index (χ1) is 18.4. The van der Waals surface area contributed by atoms with Crippen molar-refractivity contribution in [2.45, 2.75) is 85.0 Å². The summed E-state index contributed by atoms with van der Waals surface area (Å²) < 4.78 is 37.3. The van der Waals surface area contributed by atoms with Crippen molar-refractivity contribution < 1.29 is 23.1 Å². The molecule has 0 bridgehead atoms. The van der Waals surface area contributed by atoms with Crippen molar-refractivity contribution in [3.63, 3.8) is 0 Å². The summed E-state index contributed by atoms with van der Waals surface area (Å²) in [6.07, 6.45) is 2.65. The lowest BCUT2D eigenvalue weighted by atomic mass is 9.82. The van der Waals surface area contributed by atoms with Gasteiger partial charge in [0.05, 0.1) is 17.1 Å². The zero-order valence-electron chi connectivity index (χ0n) is 24.6. The molecule has 1 atom stereocenters. The van der Waals surface area contributed by atoms with Crippen LogP contribution in [0.25, 0.3) is 10.9 Å². The maximum absolute atomic E-state index is 15.6. The van der Waals surface area contributed by atoms with Gasteiger partial charge in [0, 0.05) is 24.0 Å². The molecule has 1 heterocycles. The third-order valence-electron chi connectivity index (χ3n) is 8.14. The Kier molecular flexibility index (Phi) is 9.39. The molecule has 0 radical (unpaired) electrons. The van der Waals surface area contributed by atoms with E-state index >= 15 is 4.39 Å². The van der Waals surface area contributed by atoms with Gasteiger partial charge < -0.3 is 14.1 Å². The van der Waals surface area contributed by atoms with E-state index in [1.54, 1.807) is 17.6 Å². The van der Waals surface area contributed by atoms with Gasteiger partial charge in [-0.3, -0.25) is 4.79 Å². The van der Waals surface area contributed by atoms with Crippen molar-refractivity contribution in [3.8, 4) is 0 Å². The van der Waals surface area contributed by atoms with Crippen LogP contribution in [0.1, 0.15) is 81.9 Å². The van der Waals surface area contributed by atoms with Crippen molar-refractivity contribution in [2.24, 2.45) is 5.41 Å². The lowest BCUT2D eigenvalue weighted by molar-refractivity contribution is 0.0523. The Morgan fingerprint density at radius 1 is 1.12 bits per heavy atom. The number of fused-ring (bicyclic) bond motifs is 1. The monoisotopic (exact) mass is 591 g/mol. The normalized spacial score (nSPS) is 13.5. The van der Waals surface area contributed by atoms with E-state index in [9.17, 15) is 18.8 Å². The van der Waals surface area contributed by atoms with Crippen molar-refractivity contribution >= 4 is 36.8 Å². The molecule has 0 fully saturated rings. The Hall–Kier alpha value is -2.55. The largest absolute Gasteiger partial charge is 0.462 e. The second kappa shape index (κ2) is 11.7. The molecule has 0 saturated heterocycles. The van der Waals surface area contributed by atoms with E-state index in [4.69, 9.17) is 16.3 Å². The molecule has 1 unspecified atom stereocenters. The summed E-state index contributed by atoms with van der Waals surface area (Å²) in [5.41, 5.74) is -0.438. The predicted molar refractivity (Wildman–Crippen MR) is 160 cm³/mol. The van der Waals surface area contributed by atoms with Crippen LogP contribution in [0.3, 0.4) is 0 Å². The summed E-state index contributed by atoms with van der Waals surface area (Å²) in [5.74, 6) is -2.00. The van der Waals surface area contributed by atoms with Crippen LogP contribution in [0.5, 0.6) is 0 Å². The number of carbonyl (C=O) groups excluding carboxylic acids is 1. The molecule has 218 valence electrons. The average Bonchev–Trinajstić information content (AvgIpc) is 2.82. The fraction of sp³-hybridized carbons (Fsp3) is 0.484. The molecule has 3 rings (SSSR count). The number of pyridine rings is 1. The van der Waals surface area contributed by atoms with Crippen LogP contribution in [-0.4, -0.2) is 30.3 Å². The van der Waals surface area contributed by atoms with E-state index in [0.717, 1.165) is 0 Å². The second-order valence-corrected chi connectivity index (χ2v) is 17.6. The molecule has 0 saturated carbocycles. The third-order valence-corrected chi connectivity index (χ3v) is 12.0. The Morgan fingerprint density at radius 2 is 1.77 bits per heavy atom. The first kappa shape index (κ1) is 32.0. The number of benzene rings is 2. The zero-order valence-corrected chi connectivity index (χ0v) is 26.4. The number of esters is 1. The fourth-order valence-electron chi connectivity index (χ4n) is 4.85. The SMILES string of the molecule is CCOC(=O)c1cn(C(CCC(C)(C)[Si](C)(C)O)C(C)(C)C)c2cc(F)c(Cc3cccc(Cl)c3F)cc2c1=O. The molecule has 40 heavy (non-hydrogen) atoms. The lowest BCUT2D eigenvalue weighted by Gasteiger charge is -2.40. The minimum atomic E-state index is -2.51. The number of ether oxygens (including phenoxy) is 1. The Balaban J connectivity index is 2.27. The van der Waals surface area contributed by atoms with Gasteiger partial charge in [-0.1, -0.05) is 58.4 Å². The summed E-state index contributed by atoms with van der Waals surface area (Å²) in [6, 6.07) is 6.95. The van der Waals surface area contributed by atoms with Gasteiger partial charge in [0.15, 0.2) is 8.32 Å². The fourth-order valence-corrected chi connectivity index (χ4v) is 5.80. The Bertz CT molecular complexity index is 1470. The van der Waals surface area contributed by atoms with Gasteiger partial charge in [-0.05, 0) is 72.6 Å². The maximum Gasteiger partial charge on any atom is 0.343 e. The number of aromatic nitrogens is 1. The number of rotatable bonds is 9. The first-order valence-electron chi connectivity index (χ1n) is 13.6. The minimum Gasteiger partial charge on any atom is -0.462 e. The zero-order chi connectivity index (χ0) is 30.2. The van der Waals surface area contributed by atoms with Gasteiger partial charge in [0.1, 0.15) is 17.2 Å². The molecule has 1 aromatic heterocycles. The quantitative estimate of drug-likeness (QED) is 0.202. The molecule has 0 spiro atoms. The molecule has 0 aliphatic heterocycles. The third kappa shape index (κ3) is 6.66. The van der Waals surface area contributed by atoms with Crippen LogP contribution in [0.4, 0.5) is 8.78 Å². The van der Waals surface area contributed by atoms with Crippen LogP contribution in [0, 0.1) is 17.0 Å². The number of hydrogen-bond donors (Lipinski definition) is 1. The minimum absolute atomic E-state index is 0.0734. The second-order valence-electron chi connectivity index (χ2n) is 12.7. The molecule has 0 aliphatic carbocycles. The van der Waals surface area contributed by atoms with E-state index in [1.165, 1.54) is 30.5 Å². The molecule has 5 nitrogen and oxygen atoms in total. The van der Waals surface area contributed by atoms with Crippen LogP contribution >= 0.6 is 11.6 Å². The molecule has 2 aromatic carbocycles. The molecule has 0 aliphatic rings. The highest BCUT2D eigenvalue weighted by Crippen LogP contribution is 2.45. The Labute approximate surface area is 241 Å². The number of nitrogens with zero attached hydrogens (tertiary/aromatic N) is 1. The summed E-state index contributed by atoms with van der Waals surface area (Å²) >= 11 is 5.93. The molecular weight excluding hydrogens is 552 g/mol. The molecule has 3 aromatic rings. The van der Waals surface area contributed by atoms with Gasteiger partial charge in [-0.25, -0.2) is 13.6 Å². The summed E-state index contributed by atoms with van der Waals surface area (Å²) in [4.78, 5) is 37.4. The summed E-state index contributed by atoms with van der Waals surface area (Å²) in [6.45, 7) is 15.8. The van der Waals surface area contributed by atoms with E-state index in [1.807, 2.05) is 47.7 Å². The Morgan fingerprint density at radius 3 is 2.35 bits per heavy atom.